The molecule has 1 saturated heterocycles. The molecule has 1 atom stereocenters. The van der Waals surface area contributed by atoms with Crippen molar-refractivity contribution in [3.63, 3.8) is 0 Å². The number of aliphatic hydroxyl groups excluding tert-OH is 1. The van der Waals surface area contributed by atoms with Crippen molar-refractivity contribution in [1.82, 2.24) is 15.1 Å². The molecule has 1 fully saturated rings. The molecule has 2 aromatic heterocycles. The molecule has 0 unspecified atom stereocenters. The third-order valence-electron chi connectivity index (χ3n) is 4.23. The third-order valence-corrected chi connectivity index (χ3v) is 4.23. The molecule has 1 aromatic carbocycles. The molecule has 3 heterocycles. The van der Waals surface area contributed by atoms with Gasteiger partial charge in [-0.1, -0.05) is 17.3 Å². The predicted octanol–water partition coefficient (Wildman–Crippen LogP) is 2.43. The van der Waals surface area contributed by atoms with E-state index in [9.17, 15) is 9.50 Å². The topological polar surface area (TPSA) is 75.3 Å². The van der Waals surface area contributed by atoms with Crippen LogP contribution in [0.5, 0.6) is 0 Å². The van der Waals surface area contributed by atoms with E-state index in [2.05, 4.69) is 15.1 Å². The normalized spacial score (nSPS) is 17.2. The second-order valence-corrected chi connectivity index (χ2v) is 6.11. The second kappa shape index (κ2) is 6.60. The number of aliphatic hydroxyl groups is 1. The van der Waals surface area contributed by atoms with E-state index in [-0.39, 0.29) is 11.9 Å². The van der Waals surface area contributed by atoms with Gasteiger partial charge in [0.25, 0.3) is 5.89 Å². The van der Waals surface area contributed by atoms with Gasteiger partial charge in [0.15, 0.2) is 5.82 Å². The van der Waals surface area contributed by atoms with Gasteiger partial charge in [-0.25, -0.2) is 9.37 Å². The molecule has 1 aliphatic heterocycles. The van der Waals surface area contributed by atoms with Gasteiger partial charge in [0.2, 0.25) is 0 Å². The van der Waals surface area contributed by atoms with E-state index in [1.54, 1.807) is 18.3 Å². The smallest absolute Gasteiger partial charge is 0.259 e. The van der Waals surface area contributed by atoms with Crippen molar-refractivity contribution in [2.75, 3.05) is 18.0 Å². The minimum atomic E-state index is -0.286. The van der Waals surface area contributed by atoms with E-state index in [4.69, 9.17) is 4.52 Å². The minimum absolute atomic E-state index is 0.269. The first kappa shape index (κ1) is 15.7. The van der Waals surface area contributed by atoms with Gasteiger partial charge in [0.05, 0.1) is 11.7 Å². The van der Waals surface area contributed by atoms with Crippen LogP contribution in [0.3, 0.4) is 0 Å². The number of benzene rings is 1. The number of hydrogen-bond acceptors (Lipinski definition) is 6. The van der Waals surface area contributed by atoms with Crippen LogP contribution in [-0.4, -0.2) is 39.4 Å². The Bertz CT molecular complexity index is 848. The zero-order chi connectivity index (χ0) is 17.2. The average molecular weight is 340 g/mol. The lowest BCUT2D eigenvalue weighted by molar-refractivity contribution is 0.198. The number of nitrogens with zero attached hydrogens (tertiary/aromatic N) is 4. The molecule has 25 heavy (non-hydrogen) atoms. The van der Waals surface area contributed by atoms with Gasteiger partial charge in [-0.15, -0.1) is 0 Å². The Labute approximate surface area is 143 Å². The number of hydrogen-bond donors (Lipinski definition) is 1. The fourth-order valence-corrected chi connectivity index (χ4v) is 2.88. The highest BCUT2D eigenvalue weighted by molar-refractivity contribution is 5.55. The molecule has 0 amide bonds. The minimum Gasteiger partial charge on any atom is -0.391 e. The summed E-state index contributed by atoms with van der Waals surface area (Å²) >= 11 is 0. The number of β-amino-alcohol motifs (C(OH)–C–C–N with tert-alkyl or cyclic N) is 1. The molecular weight excluding hydrogens is 323 g/mol. The highest BCUT2D eigenvalue weighted by Gasteiger charge is 2.21. The summed E-state index contributed by atoms with van der Waals surface area (Å²) in [4.78, 5) is 10.8. The van der Waals surface area contributed by atoms with Crippen molar-refractivity contribution in [2.45, 2.75) is 18.9 Å². The van der Waals surface area contributed by atoms with Crippen molar-refractivity contribution in [1.29, 1.82) is 0 Å². The Hall–Kier alpha value is -2.80. The predicted molar refractivity (Wildman–Crippen MR) is 89.6 cm³/mol. The maximum Gasteiger partial charge on any atom is 0.259 e. The maximum atomic E-state index is 12.9. The lowest BCUT2D eigenvalue weighted by Crippen LogP contribution is -2.21. The summed E-state index contributed by atoms with van der Waals surface area (Å²) in [6, 6.07) is 9.99. The molecule has 0 saturated carbocycles. The summed E-state index contributed by atoms with van der Waals surface area (Å²) in [5.41, 5.74) is 1.65. The summed E-state index contributed by atoms with van der Waals surface area (Å²) in [5.74, 6) is 1.49. The number of halogens is 1. The zero-order valence-corrected chi connectivity index (χ0v) is 13.5. The van der Waals surface area contributed by atoms with Crippen LogP contribution in [0.2, 0.25) is 0 Å². The van der Waals surface area contributed by atoms with E-state index in [0.29, 0.717) is 24.7 Å². The van der Waals surface area contributed by atoms with E-state index >= 15 is 0 Å². The summed E-state index contributed by atoms with van der Waals surface area (Å²) in [5, 5.41) is 13.6. The van der Waals surface area contributed by atoms with E-state index in [1.807, 2.05) is 17.0 Å². The number of anilines is 1. The largest absolute Gasteiger partial charge is 0.391 e. The van der Waals surface area contributed by atoms with Gasteiger partial charge in [-0.3, -0.25) is 0 Å². The quantitative estimate of drug-likeness (QED) is 0.786. The third kappa shape index (κ3) is 3.51. The molecule has 0 spiro atoms. The highest BCUT2D eigenvalue weighted by Crippen LogP contribution is 2.22. The molecule has 0 aliphatic carbocycles. The van der Waals surface area contributed by atoms with Crippen LogP contribution in [0.1, 0.15) is 17.8 Å². The summed E-state index contributed by atoms with van der Waals surface area (Å²) < 4.78 is 18.2. The van der Waals surface area contributed by atoms with Gasteiger partial charge < -0.3 is 14.5 Å². The average Bonchev–Trinajstić information content (AvgIpc) is 3.26. The summed E-state index contributed by atoms with van der Waals surface area (Å²) in [7, 11) is 0. The van der Waals surface area contributed by atoms with Crippen molar-refractivity contribution in [3.05, 3.63) is 59.8 Å². The molecule has 0 radical (unpaired) electrons. The monoisotopic (exact) mass is 340 g/mol. The van der Waals surface area contributed by atoms with Gasteiger partial charge in [-0.05, 0) is 36.2 Å². The van der Waals surface area contributed by atoms with Gasteiger partial charge in [0.1, 0.15) is 11.6 Å². The second-order valence-electron chi connectivity index (χ2n) is 6.11. The lowest BCUT2D eigenvalue weighted by Gasteiger charge is -2.16. The standard InChI is InChI=1S/C18H17FN4O2/c19-14-4-1-12(2-5-14)9-16-21-18(25-22-16)13-3-6-17(20-10-13)23-8-7-15(24)11-23/h1-6,10,15,24H,7-9,11H2/t15-/m0/s1. The van der Waals surface area contributed by atoms with Crippen molar-refractivity contribution < 1.29 is 14.0 Å². The molecule has 6 nitrogen and oxygen atoms in total. The number of rotatable bonds is 4. The van der Waals surface area contributed by atoms with Gasteiger partial charge in [-0.2, -0.15) is 4.98 Å². The first-order valence-corrected chi connectivity index (χ1v) is 8.14. The Morgan fingerprint density at radius 3 is 2.72 bits per heavy atom. The Morgan fingerprint density at radius 1 is 1.20 bits per heavy atom. The number of aromatic nitrogens is 3. The van der Waals surface area contributed by atoms with E-state index < -0.39 is 0 Å². The van der Waals surface area contributed by atoms with Crippen LogP contribution in [0.15, 0.2) is 47.1 Å². The van der Waals surface area contributed by atoms with Gasteiger partial charge >= 0.3 is 0 Å². The van der Waals surface area contributed by atoms with Gasteiger partial charge in [0, 0.05) is 25.7 Å². The van der Waals surface area contributed by atoms with E-state index in [1.165, 1.54) is 12.1 Å². The summed E-state index contributed by atoms with van der Waals surface area (Å²) in [6.45, 7) is 1.41. The van der Waals surface area contributed by atoms with Crippen molar-refractivity contribution in [2.24, 2.45) is 0 Å². The fraction of sp³-hybridized carbons (Fsp3) is 0.278. The van der Waals surface area contributed by atoms with Crippen LogP contribution in [0.25, 0.3) is 11.5 Å². The molecule has 4 rings (SSSR count). The van der Waals surface area contributed by atoms with Crippen LogP contribution in [0.4, 0.5) is 10.2 Å². The first-order valence-electron chi connectivity index (χ1n) is 8.14. The lowest BCUT2D eigenvalue weighted by atomic mass is 10.1. The first-order chi connectivity index (χ1) is 12.2. The molecule has 0 bridgehead atoms. The summed E-state index contributed by atoms with van der Waals surface area (Å²) in [6.07, 6.45) is 2.64. The maximum absolute atomic E-state index is 12.9. The van der Waals surface area contributed by atoms with Crippen molar-refractivity contribution >= 4 is 5.82 Å². The SMILES string of the molecule is O[C@H]1CCN(c2ccc(-c3nc(Cc4ccc(F)cc4)no3)cn2)C1. The molecule has 1 aliphatic rings. The van der Waals surface area contributed by atoms with Crippen LogP contribution in [0, 0.1) is 5.82 Å². The molecule has 7 heteroatoms. The van der Waals surface area contributed by atoms with Crippen molar-refractivity contribution in [3.8, 4) is 11.5 Å². The molecular formula is C18H17FN4O2. The molecule has 3 aromatic rings. The van der Waals surface area contributed by atoms with Crippen LogP contribution >= 0.6 is 0 Å². The fourth-order valence-electron chi connectivity index (χ4n) is 2.88. The Balaban J connectivity index is 1.47. The Morgan fingerprint density at radius 2 is 2.04 bits per heavy atom. The highest BCUT2D eigenvalue weighted by atomic mass is 19.1. The number of pyridine rings is 1. The zero-order valence-electron chi connectivity index (χ0n) is 13.5. The molecule has 128 valence electrons. The van der Waals surface area contributed by atoms with Crippen LogP contribution < -0.4 is 4.90 Å². The Kier molecular flexibility index (Phi) is 4.15. The van der Waals surface area contributed by atoms with E-state index in [0.717, 1.165) is 29.9 Å². The molecule has 1 N–H and O–H groups in total. The van der Waals surface area contributed by atoms with Crippen LogP contribution in [-0.2, 0) is 6.42 Å².